The summed E-state index contributed by atoms with van der Waals surface area (Å²) in [6, 6.07) is 6.61. The van der Waals surface area contributed by atoms with Crippen LogP contribution in [0.2, 0.25) is 0 Å². The van der Waals surface area contributed by atoms with Crippen molar-refractivity contribution in [1.82, 2.24) is 15.1 Å². The monoisotopic (exact) mass is 457 g/mol. The third-order valence-corrected chi connectivity index (χ3v) is 7.94. The molecule has 1 aromatic carbocycles. The summed E-state index contributed by atoms with van der Waals surface area (Å²) in [7, 11) is 0. The molecule has 2 heterocycles. The van der Waals surface area contributed by atoms with Gasteiger partial charge >= 0.3 is 0 Å². The summed E-state index contributed by atoms with van der Waals surface area (Å²) >= 11 is 0. The fourth-order valence-corrected chi connectivity index (χ4v) is 5.89. The number of piperidine rings is 1. The second-order valence-corrected chi connectivity index (χ2v) is 10.3. The van der Waals surface area contributed by atoms with Crippen molar-refractivity contribution in [2.75, 3.05) is 19.6 Å². The van der Waals surface area contributed by atoms with Gasteiger partial charge in [-0.05, 0) is 49.8 Å². The van der Waals surface area contributed by atoms with Crippen LogP contribution in [0.25, 0.3) is 0 Å². The second-order valence-electron chi connectivity index (χ2n) is 10.3. The molecule has 3 fully saturated rings. The number of likely N-dealkylation sites (tertiary alicyclic amines) is 1. The molecule has 1 saturated carbocycles. The Morgan fingerprint density at radius 1 is 1.03 bits per heavy atom. The lowest BCUT2D eigenvalue weighted by Gasteiger charge is -2.52. The minimum atomic E-state index is -0.847. The standard InChI is InChI=1S/C26H39N3O4/c1-2-3-15-29-23(31)22(18-25(33)11-5-4-6-12-25)27-24(32)26(29)13-16-28(17-14-26)19-20-7-9-21(30)10-8-20/h7-10,22,30,33H,2-6,11-19H2,1H3,(H,27,32)/t22-/m1/s1. The third-order valence-electron chi connectivity index (χ3n) is 7.94. The smallest absolute Gasteiger partial charge is 0.246 e. The zero-order valence-corrected chi connectivity index (χ0v) is 19.9. The summed E-state index contributed by atoms with van der Waals surface area (Å²) in [5, 5.41) is 23.6. The van der Waals surface area contributed by atoms with E-state index in [4.69, 9.17) is 0 Å². The van der Waals surface area contributed by atoms with Gasteiger partial charge in [-0.15, -0.1) is 0 Å². The van der Waals surface area contributed by atoms with E-state index in [2.05, 4.69) is 17.1 Å². The number of carbonyl (C=O) groups is 2. The highest BCUT2D eigenvalue weighted by atomic mass is 16.3. The summed E-state index contributed by atoms with van der Waals surface area (Å²) in [5.74, 6) is 0.189. The Morgan fingerprint density at radius 3 is 2.33 bits per heavy atom. The first kappa shape index (κ1) is 24.0. The number of phenolic OH excluding ortho intramolecular Hbond substituents is 1. The predicted octanol–water partition coefficient (Wildman–Crippen LogP) is 2.94. The molecule has 1 aromatic rings. The summed E-state index contributed by atoms with van der Waals surface area (Å²) < 4.78 is 0. The molecule has 7 heteroatoms. The number of nitrogens with zero attached hydrogens (tertiary/aromatic N) is 2. The lowest BCUT2D eigenvalue weighted by atomic mass is 9.77. The summed E-state index contributed by atoms with van der Waals surface area (Å²) in [6.07, 6.45) is 7.88. The first-order valence-corrected chi connectivity index (χ1v) is 12.7. The molecule has 1 atom stereocenters. The average molecular weight is 458 g/mol. The number of unbranched alkanes of at least 4 members (excludes halogenated alkanes) is 1. The summed E-state index contributed by atoms with van der Waals surface area (Å²) in [4.78, 5) is 31.3. The number of nitrogens with one attached hydrogen (secondary N) is 1. The molecule has 33 heavy (non-hydrogen) atoms. The molecule has 1 spiro atoms. The van der Waals surface area contributed by atoms with Crippen LogP contribution >= 0.6 is 0 Å². The Kier molecular flexibility index (Phi) is 7.29. The van der Waals surface area contributed by atoms with Crippen LogP contribution in [0, 0.1) is 0 Å². The Bertz CT molecular complexity index is 826. The van der Waals surface area contributed by atoms with Crippen molar-refractivity contribution in [2.24, 2.45) is 0 Å². The van der Waals surface area contributed by atoms with Crippen molar-refractivity contribution in [1.29, 1.82) is 0 Å². The first-order valence-electron chi connectivity index (χ1n) is 12.7. The van der Waals surface area contributed by atoms with Gasteiger partial charge in [-0.25, -0.2) is 0 Å². The molecule has 3 N–H and O–H groups in total. The SMILES string of the molecule is CCCCN1C(=O)[C@@H](CC2(O)CCCCC2)NC(=O)C12CCN(Cc1ccc(O)cc1)CC2. The van der Waals surface area contributed by atoms with Crippen molar-refractivity contribution >= 4 is 11.8 Å². The number of aliphatic hydroxyl groups is 1. The van der Waals surface area contributed by atoms with Crippen LogP contribution in [-0.2, 0) is 16.1 Å². The Balaban J connectivity index is 1.46. The largest absolute Gasteiger partial charge is 0.508 e. The normalized spacial score (nSPS) is 25.3. The highest BCUT2D eigenvalue weighted by molar-refractivity contribution is 6.00. The zero-order chi connectivity index (χ0) is 23.5. The summed E-state index contributed by atoms with van der Waals surface area (Å²) in [5.41, 5.74) is -0.513. The van der Waals surface area contributed by atoms with E-state index in [0.29, 0.717) is 38.6 Å². The van der Waals surface area contributed by atoms with Crippen LogP contribution < -0.4 is 5.32 Å². The van der Waals surface area contributed by atoms with E-state index in [1.807, 2.05) is 17.0 Å². The van der Waals surface area contributed by atoms with Gasteiger partial charge in [0.15, 0.2) is 0 Å². The number of phenols is 1. The maximum Gasteiger partial charge on any atom is 0.246 e. The molecule has 3 aliphatic rings. The van der Waals surface area contributed by atoms with E-state index < -0.39 is 17.2 Å². The molecular formula is C26H39N3O4. The predicted molar refractivity (Wildman–Crippen MR) is 127 cm³/mol. The quantitative estimate of drug-likeness (QED) is 0.585. The summed E-state index contributed by atoms with van der Waals surface area (Å²) in [6.45, 7) is 4.92. The first-order chi connectivity index (χ1) is 15.8. The molecule has 0 radical (unpaired) electrons. The lowest BCUT2D eigenvalue weighted by molar-refractivity contribution is -0.163. The third kappa shape index (κ3) is 5.19. The Morgan fingerprint density at radius 2 is 1.70 bits per heavy atom. The molecule has 0 unspecified atom stereocenters. The number of carbonyl (C=O) groups excluding carboxylic acids is 2. The van der Waals surface area contributed by atoms with Gasteiger partial charge in [-0.3, -0.25) is 14.5 Å². The van der Waals surface area contributed by atoms with E-state index in [1.165, 1.54) is 0 Å². The number of rotatable bonds is 7. The van der Waals surface area contributed by atoms with E-state index in [0.717, 1.165) is 57.3 Å². The van der Waals surface area contributed by atoms with Crippen LogP contribution in [0.1, 0.15) is 76.7 Å². The van der Waals surface area contributed by atoms with Gasteiger partial charge in [-0.2, -0.15) is 0 Å². The van der Waals surface area contributed by atoms with Crippen LogP contribution in [0.15, 0.2) is 24.3 Å². The van der Waals surface area contributed by atoms with Crippen molar-refractivity contribution in [2.45, 2.75) is 94.9 Å². The average Bonchev–Trinajstić information content (AvgIpc) is 2.81. The Labute approximate surface area is 197 Å². The second kappa shape index (κ2) is 10.0. The molecule has 182 valence electrons. The van der Waals surface area contributed by atoms with Crippen molar-refractivity contribution < 1.29 is 19.8 Å². The number of amides is 2. The number of hydrogen-bond acceptors (Lipinski definition) is 5. The number of hydrogen-bond donors (Lipinski definition) is 3. The van der Waals surface area contributed by atoms with Crippen molar-refractivity contribution in [3.05, 3.63) is 29.8 Å². The molecule has 7 nitrogen and oxygen atoms in total. The number of piperazine rings is 1. The van der Waals surface area contributed by atoms with Crippen molar-refractivity contribution in [3.63, 3.8) is 0 Å². The van der Waals surface area contributed by atoms with Gasteiger partial charge in [0.25, 0.3) is 0 Å². The van der Waals surface area contributed by atoms with Crippen LogP contribution in [0.5, 0.6) is 5.75 Å². The van der Waals surface area contributed by atoms with E-state index >= 15 is 0 Å². The van der Waals surface area contributed by atoms with E-state index in [9.17, 15) is 19.8 Å². The highest BCUT2D eigenvalue weighted by Gasteiger charge is 2.54. The van der Waals surface area contributed by atoms with Gasteiger partial charge in [-0.1, -0.05) is 44.7 Å². The molecule has 4 rings (SSSR count). The fourth-order valence-electron chi connectivity index (χ4n) is 5.89. The number of benzene rings is 1. The fraction of sp³-hybridized carbons (Fsp3) is 0.692. The zero-order valence-electron chi connectivity index (χ0n) is 19.9. The molecule has 0 aromatic heterocycles. The van der Waals surface area contributed by atoms with Crippen LogP contribution in [0.4, 0.5) is 0 Å². The minimum absolute atomic E-state index is 0.0194. The number of aromatic hydroxyl groups is 1. The maximum atomic E-state index is 13.6. The minimum Gasteiger partial charge on any atom is -0.508 e. The highest BCUT2D eigenvalue weighted by Crippen LogP contribution is 2.37. The van der Waals surface area contributed by atoms with Crippen LogP contribution in [-0.4, -0.2) is 68.6 Å². The molecule has 0 bridgehead atoms. The molecule has 2 aliphatic heterocycles. The molecule has 1 aliphatic carbocycles. The van der Waals surface area contributed by atoms with E-state index in [-0.39, 0.29) is 17.6 Å². The van der Waals surface area contributed by atoms with Gasteiger partial charge in [0.1, 0.15) is 17.3 Å². The van der Waals surface area contributed by atoms with Crippen LogP contribution in [0.3, 0.4) is 0 Å². The van der Waals surface area contributed by atoms with Gasteiger partial charge in [0.2, 0.25) is 11.8 Å². The lowest BCUT2D eigenvalue weighted by Crippen LogP contribution is -2.73. The van der Waals surface area contributed by atoms with E-state index in [1.54, 1.807) is 12.1 Å². The maximum absolute atomic E-state index is 13.6. The van der Waals surface area contributed by atoms with Gasteiger partial charge in [0.05, 0.1) is 5.60 Å². The topological polar surface area (TPSA) is 93.1 Å². The Hall–Kier alpha value is -2.12. The van der Waals surface area contributed by atoms with Gasteiger partial charge < -0.3 is 20.4 Å². The molecule has 2 saturated heterocycles. The molecular weight excluding hydrogens is 418 g/mol. The van der Waals surface area contributed by atoms with Crippen molar-refractivity contribution in [3.8, 4) is 5.75 Å². The van der Waals surface area contributed by atoms with Gasteiger partial charge in [0, 0.05) is 32.6 Å². The molecule has 2 amide bonds.